The third-order valence-corrected chi connectivity index (χ3v) is 6.43. The number of hydrogen-bond donors (Lipinski definition) is 1. The van der Waals surface area contributed by atoms with Gasteiger partial charge in [-0.25, -0.2) is 4.79 Å². The lowest BCUT2D eigenvalue weighted by Crippen LogP contribution is -2.40. The largest absolute Gasteiger partial charge is 0.573 e. The number of rotatable bonds is 5. The second kappa shape index (κ2) is 10.4. The Labute approximate surface area is 200 Å². The van der Waals surface area contributed by atoms with Crippen LogP contribution in [0, 0.1) is 11.8 Å². The Balaban J connectivity index is 1.26. The van der Waals surface area contributed by atoms with Crippen LogP contribution in [0.5, 0.6) is 5.75 Å². The molecule has 3 heterocycles. The molecule has 1 N–H and O–H groups in total. The van der Waals surface area contributed by atoms with Gasteiger partial charge in [-0.05, 0) is 48.4 Å². The number of nitrogens with zero attached hydrogens (tertiary/aromatic N) is 5. The molecule has 3 amide bonds. The van der Waals surface area contributed by atoms with Crippen LogP contribution in [0.25, 0.3) is 6.08 Å². The van der Waals surface area contributed by atoms with Crippen molar-refractivity contribution in [1.29, 1.82) is 0 Å². The molecule has 1 aromatic carbocycles. The molecule has 2 aliphatic heterocycles. The second-order valence-corrected chi connectivity index (χ2v) is 8.90. The first-order valence-electron chi connectivity index (χ1n) is 11.4. The van der Waals surface area contributed by atoms with Crippen LogP contribution in [0.1, 0.15) is 24.1 Å². The number of H-pyrrole nitrogens is 1. The number of benzene rings is 1. The molecule has 188 valence electrons. The van der Waals surface area contributed by atoms with Crippen molar-refractivity contribution in [3.63, 3.8) is 0 Å². The van der Waals surface area contributed by atoms with Gasteiger partial charge in [-0.3, -0.25) is 9.89 Å². The molecule has 9 nitrogen and oxygen atoms in total. The molecule has 35 heavy (non-hydrogen) atoms. The van der Waals surface area contributed by atoms with E-state index in [-0.39, 0.29) is 17.7 Å². The van der Waals surface area contributed by atoms with Gasteiger partial charge in [-0.15, -0.1) is 18.3 Å². The summed E-state index contributed by atoms with van der Waals surface area (Å²) in [6.07, 6.45) is 1.50. The molecule has 0 spiro atoms. The van der Waals surface area contributed by atoms with Crippen molar-refractivity contribution in [2.24, 2.45) is 11.8 Å². The highest BCUT2D eigenvalue weighted by Crippen LogP contribution is 2.32. The second-order valence-electron chi connectivity index (χ2n) is 8.90. The highest BCUT2D eigenvalue weighted by Gasteiger charge is 2.38. The summed E-state index contributed by atoms with van der Waals surface area (Å²) in [5, 5.41) is 10.1. The SMILES string of the molecule is CN(Cc1cnn[nH]1)C(=O)N1C[C@H]2CCN(C(=O)C=Cc3ccc(OC(F)(F)F)cc3)CC[C@H]2C1. The van der Waals surface area contributed by atoms with Crippen LogP contribution in [-0.4, -0.2) is 81.6 Å². The Morgan fingerprint density at radius 1 is 1.14 bits per heavy atom. The lowest BCUT2D eigenvalue weighted by molar-refractivity contribution is -0.274. The molecule has 2 fully saturated rings. The van der Waals surface area contributed by atoms with E-state index in [4.69, 9.17) is 0 Å². The average Bonchev–Trinajstić information content (AvgIpc) is 3.42. The van der Waals surface area contributed by atoms with E-state index >= 15 is 0 Å². The van der Waals surface area contributed by atoms with E-state index in [2.05, 4.69) is 20.1 Å². The Morgan fingerprint density at radius 3 is 2.37 bits per heavy atom. The van der Waals surface area contributed by atoms with Gasteiger partial charge in [0, 0.05) is 39.3 Å². The molecule has 4 rings (SSSR count). The maximum atomic E-state index is 12.8. The minimum absolute atomic E-state index is 0.0322. The van der Waals surface area contributed by atoms with Crippen LogP contribution in [0.15, 0.2) is 36.5 Å². The van der Waals surface area contributed by atoms with Gasteiger partial charge in [0.05, 0.1) is 18.4 Å². The molecule has 0 unspecified atom stereocenters. The van der Waals surface area contributed by atoms with Crippen molar-refractivity contribution < 1.29 is 27.5 Å². The van der Waals surface area contributed by atoms with Crippen molar-refractivity contribution in [2.75, 3.05) is 33.2 Å². The summed E-state index contributed by atoms with van der Waals surface area (Å²) in [4.78, 5) is 30.8. The first kappa shape index (κ1) is 24.6. The van der Waals surface area contributed by atoms with Gasteiger partial charge in [0.2, 0.25) is 5.91 Å². The molecule has 0 saturated carbocycles. The molecule has 0 aliphatic carbocycles. The monoisotopic (exact) mass is 492 g/mol. The third-order valence-electron chi connectivity index (χ3n) is 6.43. The number of fused-ring (bicyclic) bond motifs is 1. The van der Waals surface area contributed by atoms with E-state index in [1.165, 1.54) is 30.3 Å². The van der Waals surface area contributed by atoms with Crippen LogP contribution < -0.4 is 4.74 Å². The highest BCUT2D eigenvalue weighted by atomic mass is 19.4. The minimum Gasteiger partial charge on any atom is -0.406 e. The van der Waals surface area contributed by atoms with Crippen LogP contribution in [0.4, 0.5) is 18.0 Å². The minimum atomic E-state index is -4.74. The van der Waals surface area contributed by atoms with E-state index in [0.29, 0.717) is 50.1 Å². The van der Waals surface area contributed by atoms with Crippen LogP contribution in [0.3, 0.4) is 0 Å². The lowest BCUT2D eigenvalue weighted by Gasteiger charge is -2.25. The number of nitrogens with one attached hydrogen (secondary N) is 1. The first-order valence-corrected chi connectivity index (χ1v) is 11.4. The normalized spacial score (nSPS) is 20.6. The summed E-state index contributed by atoms with van der Waals surface area (Å²) in [5.74, 6) is 0.228. The van der Waals surface area contributed by atoms with Crippen molar-refractivity contribution >= 4 is 18.0 Å². The molecule has 2 aliphatic rings. The maximum absolute atomic E-state index is 12.8. The number of halogens is 3. The zero-order valence-corrected chi connectivity index (χ0v) is 19.2. The Morgan fingerprint density at radius 2 is 1.80 bits per heavy atom. The standard InChI is InChI=1S/C23H27F3N6O3/c1-30(15-19-12-27-29-28-19)22(34)32-13-17-8-10-31(11-9-18(17)14-32)21(33)7-4-16-2-5-20(6-3-16)35-23(24,25)26/h2-7,12,17-18H,8-11,13-15H2,1H3,(H,27,28,29)/t17-,18+. The zero-order chi connectivity index (χ0) is 25.0. The van der Waals surface area contributed by atoms with Gasteiger partial charge in [0.25, 0.3) is 0 Å². The molecular weight excluding hydrogens is 465 g/mol. The molecule has 0 radical (unpaired) electrons. The van der Waals surface area contributed by atoms with Crippen molar-refractivity contribution in [1.82, 2.24) is 30.1 Å². The van der Waals surface area contributed by atoms with Crippen LogP contribution in [-0.2, 0) is 11.3 Å². The van der Waals surface area contributed by atoms with Gasteiger partial charge in [-0.2, -0.15) is 0 Å². The number of aromatic amines is 1. The third kappa shape index (κ3) is 6.52. The summed E-state index contributed by atoms with van der Waals surface area (Å²) >= 11 is 0. The summed E-state index contributed by atoms with van der Waals surface area (Å²) in [6.45, 7) is 2.93. The number of urea groups is 1. The fraction of sp³-hybridized carbons (Fsp3) is 0.478. The van der Waals surface area contributed by atoms with Gasteiger partial charge in [0.1, 0.15) is 5.75 Å². The quantitative estimate of drug-likeness (QED) is 0.648. The summed E-state index contributed by atoms with van der Waals surface area (Å²) in [6, 6.07) is 5.31. The maximum Gasteiger partial charge on any atom is 0.573 e. The number of hydrogen-bond acceptors (Lipinski definition) is 5. The number of ether oxygens (including phenoxy) is 1. The number of amides is 3. The Kier molecular flexibility index (Phi) is 7.27. The van der Waals surface area contributed by atoms with E-state index in [9.17, 15) is 22.8 Å². The number of carbonyl (C=O) groups excluding carboxylic acids is 2. The van der Waals surface area contributed by atoms with E-state index < -0.39 is 6.36 Å². The number of likely N-dealkylation sites (tertiary alicyclic amines) is 2. The smallest absolute Gasteiger partial charge is 0.406 e. The predicted molar refractivity (Wildman–Crippen MR) is 120 cm³/mol. The lowest BCUT2D eigenvalue weighted by atomic mass is 9.92. The summed E-state index contributed by atoms with van der Waals surface area (Å²) in [7, 11) is 1.75. The molecule has 12 heteroatoms. The molecule has 1 aromatic heterocycles. The predicted octanol–water partition coefficient (Wildman–Crippen LogP) is 3.14. The fourth-order valence-electron chi connectivity index (χ4n) is 4.64. The number of carbonyl (C=O) groups is 2. The van der Waals surface area contributed by atoms with E-state index in [0.717, 1.165) is 18.5 Å². The van der Waals surface area contributed by atoms with Crippen molar-refractivity contribution in [2.45, 2.75) is 25.7 Å². The van der Waals surface area contributed by atoms with Crippen LogP contribution in [0.2, 0.25) is 0 Å². The molecular formula is C23H27F3N6O3. The summed E-state index contributed by atoms with van der Waals surface area (Å²) in [5.41, 5.74) is 1.37. The van der Waals surface area contributed by atoms with Gasteiger partial charge < -0.3 is 19.4 Å². The first-order chi connectivity index (χ1) is 16.7. The topological polar surface area (TPSA) is 94.7 Å². The molecule has 2 saturated heterocycles. The fourth-order valence-corrected chi connectivity index (χ4v) is 4.64. The molecule has 2 atom stereocenters. The van der Waals surface area contributed by atoms with E-state index in [1.54, 1.807) is 29.1 Å². The number of aromatic nitrogens is 3. The Hall–Kier alpha value is -3.57. The Bertz CT molecular complexity index is 1030. The van der Waals surface area contributed by atoms with Gasteiger partial charge >= 0.3 is 12.4 Å². The molecule has 0 bridgehead atoms. The molecule has 2 aromatic rings. The van der Waals surface area contributed by atoms with Gasteiger partial charge in [-0.1, -0.05) is 17.3 Å². The van der Waals surface area contributed by atoms with Gasteiger partial charge in [0.15, 0.2) is 0 Å². The van der Waals surface area contributed by atoms with Crippen molar-refractivity contribution in [3.05, 3.63) is 47.8 Å². The number of alkyl halides is 3. The zero-order valence-electron chi connectivity index (χ0n) is 19.2. The van der Waals surface area contributed by atoms with Crippen LogP contribution >= 0.6 is 0 Å². The highest BCUT2D eigenvalue weighted by molar-refractivity contribution is 5.91. The van der Waals surface area contributed by atoms with Crippen molar-refractivity contribution in [3.8, 4) is 5.75 Å². The summed E-state index contributed by atoms with van der Waals surface area (Å²) < 4.78 is 40.7. The van der Waals surface area contributed by atoms with E-state index in [1.807, 2.05) is 4.90 Å². The average molecular weight is 493 g/mol.